The van der Waals surface area contributed by atoms with Crippen LogP contribution in [0.2, 0.25) is 0 Å². The number of carbonyl (C=O) groups is 2. The lowest BCUT2D eigenvalue weighted by molar-refractivity contribution is -0.117. The third kappa shape index (κ3) is 5.22. The maximum absolute atomic E-state index is 12.2. The monoisotopic (exact) mass is 337 g/mol. The predicted octanol–water partition coefficient (Wildman–Crippen LogP) is 2.19. The van der Waals surface area contributed by atoms with Crippen molar-refractivity contribution in [3.8, 4) is 0 Å². The van der Waals surface area contributed by atoms with Gasteiger partial charge < -0.3 is 16.0 Å². The molecule has 3 N–H and O–H groups in total. The number of anilines is 1. The fourth-order valence-corrected chi connectivity index (χ4v) is 2.78. The van der Waals surface area contributed by atoms with E-state index in [0.29, 0.717) is 23.7 Å². The van der Waals surface area contributed by atoms with Gasteiger partial charge in [0.05, 0.1) is 0 Å². The number of carbonyl (C=O) groups excluding carboxylic acids is 2. The van der Waals surface area contributed by atoms with Crippen molar-refractivity contribution in [3.63, 3.8) is 0 Å². The van der Waals surface area contributed by atoms with E-state index in [0.717, 1.165) is 32.4 Å². The highest BCUT2D eigenvalue weighted by Gasteiger charge is 2.29. The van der Waals surface area contributed by atoms with Crippen LogP contribution in [0.4, 0.5) is 5.69 Å². The Morgan fingerprint density at radius 1 is 1.22 bits per heavy atom. The van der Waals surface area contributed by atoms with E-state index in [1.807, 2.05) is 6.07 Å². The van der Waals surface area contributed by atoms with Crippen LogP contribution in [0, 0.1) is 11.8 Å². The first-order valence-corrected chi connectivity index (χ1v) is 8.12. The number of nitrogens with one attached hydrogen (secondary N) is 3. The number of amides is 2. The average Bonchev–Trinajstić information content (AvgIpc) is 3.25. The molecule has 2 fully saturated rings. The molecule has 1 aliphatic heterocycles. The number of halogens is 1. The van der Waals surface area contributed by atoms with Crippen LogP contribution in [0.15, 0.2) is 24.3 Å². The quantitative estimate of drug-likeness (QED) is 0.745. The molecule has 3 rings (SSSR count). The molecule has 1 aliphatic carbocycles. The standard InChI is InChI=1S/C17H23N3O2.ClH/c21-16(19-9-7-12-6-8-18-11-12)14-2-1-3-15(10-14)20-17(22)13-4-5-13;/h1-3,10,12-13,18H,4-9,11H2,(H,19,21)(H,20,22);1H. The van der Waals surface area contributed by atoms with Gasteiger partial charge in [-0.25, -0.2) is 0 Å². The van der Waals surface area contributed by atoms with Crippen molar-refractivity contribution >= 4 is 29.9 Å². The van der Waals surface area contributed by atoms with Gasteiger partial charge in [-0.15, -0.1) is 12.4 Å². The van der Waals surface area contributed by atoms with Gasteiger partial charge in [0.15, 0.2) is 0 Å². The van der Waals surface area contributed by atoms with Crippen LogP contribution in [0.25, 0.3) is 0 Å². The summed E-state index contributed by atoms with van der Waals surface area (Å²) in [6.07, 6.45) is 4.15. The molecular weight excluding hydrogens is 314 g/mol. The smallest absolute Gasteiger partial charge is 0.251 e. The minimum atomic E-state index is -0.0755. The maximum Gasteiger partial charge on any atom is 0.251 e. The van der Waals surface area contributed by atoms with E-state index in [-0.39, 0.29) is 30.1 Å². The van der Waals surface area contributed by atoms with Gasteiger partial charge in [0.2, 0.25) is 5.91 Å². The molecule has 0 radical (unpaired) electrons. The molecule has 1 aromatic rings. The molecule has 126 valence electrons. The Bertz CT molecular complexity index is 555. The highest BCUT2D eigenvalue weighted by Crippen LogP contribution is 2.30. The second kappa shape index (κ2) is 8.31. The average molecular weight is 338 g/mol. The van der Waals surface area contributed by atoms with Crippen LogP contribution in [-0.4, -0.2) is 31.4 Å². The van der Waals surface area contributed by atoms with Crippen LogP contribution in [0.1, 0.15) is 36.0 Å². The molecule has 5 nitrogen and oxygen atoms in total. The molecular formula is C17H24ClN3O2. The van der Waals surface area contributed by atoms with Crippen LogP contribution in [0.3, 0.4) is 0 Å². The lowest BCUT2D eigenvalue weighted by Crippen LogP contribution is -2.26. The van der Waals surface area contributed by atoms with E-state index in [9.17, 15) is 9.59 Å². The highest BCUT2D eigenvalue weighted by molar-refractivity contribution is 5.98. The minimum Gasteiger partial charge on any atom is -0.352 e. The Balaban J connectivity index is 0.00000192. The topological polar surface area (TPSA) is 70.2 Å². The van der Waals surface area contributed by atoms with Gasteiger partial charge in [0.1, 0.15) is 0 Å². The molecule has 1 heterocycles. The summed E-state index contributed by atoms with van der Waals surface area (Å²) >= 11 is 0. The Morgan fingerprint density at radius 2 is 2.04 bits per heavy atom. The van der Waals surface area contributed by atoms with Crippen molar-refractivity contribution in [2.24, 2.45) is 11.8 Å². The number of rotatable bonds is 6. The first-order chi connectivity index (χ1) is 10.7. The molecule has 0 bridgehead atoms. The van der Waals surface area contributed by atoms with Crippen LogP contribution in [0.5, 0.6) is 0 Å². The summed E-state index contributed by atoms with van der Waals surface area (Å²) in [4.78, 5) is 23.9. The molecule has 0 aromatic heterocycles. The summed E-state index contributed by atoms with van der Waals surface area (Å²) in [5.74, 6) is 0.821. The van der Waals surface area contributed by atoms with Crippen LogP contribution >= 0.6 is 12.4 Å². The van der Waals surface area contributed by atoms with Gasteiger partial charge in [-0.1, -0.05) is 6.07 Å². The van der Waals surface area contributed by atoms with Gasteiger partial charge in [-0.3, -0.25) is 9.59 Å². The van der Waals surface area contributed by atoms with E-state index in [1.165, 1.54) is 6.42 Å². The third-order valence-corrected chi connectivity index (χ3v) is 4.34. The molecule has 23 heavy (non-hydrogen) atoms. The summed E-state index contributed by atoms with van der Waals surface area (Å²) < 4.78 is 0. The van der Waals surface area contributed by atoms with Crippen molar-refractivity contribution in [2.45, 2.75) is 25.7 Å². The lowest BCUT2D eigenvalue weighted by Gasteiger charge is -2.10. The lowest BCUT2D eigenvalue weighted by atomic mass is 10.1. The second-order valence-electron chi connectivity index (χ2n) is 6.25. The highest BCUT2D eigenvalue weighted by atomic mass is 35.5. The molecule has 2 amide bonds. The normalized spacial score (nSPS) is 19.7. The van der Waals surface area contributed by atoms with Gasteiger partial charge in [-0.2, -0.15) is 0 Å². The fraction of sp³-hybridized carbons (Fsp3) is 0.529. The summed E-state index contributed by atoms with van der Waals surface area (Å²) in [5, 5.41) is 9.16. The molecule has 1 aromatic carbocycles. The molecule has 1 saturated heterocycles. The summed E-state index contributed by atoms with van der Waals surface area (Å²) in [5.41, 5.74) is 1.29. The van der Waals surface area contributed by atoms with Crippen molar-refractivity contribution in [2.75, 3.05) is 25.0 Å². The van der Waals surface area contributed by atoms with E-state index in [2.05, 4.69) is 16.0 Å². The van der Waals surface area contributed by atoms with Gasteiger partial charge in [-0.05, 0) is 62.9 Å². The van der Waals surface area contributed by atoms with Crippen molar-refractivity contribution in [1.82, 2.24) is 10.6 Å². The van der Waals surface area contributed by atoms with E-state index in [4.69, 9.17) is 0 Å². The molecule has 0 spiro atoms. The van der Waals surface area contributed by atoms with E-state index < -0.39 is 0 Å². The van der Waals surface area contributed by atoms with E-state index >= 15 is 0 Å². The maximum atomic E-state index is 12.2. The van der Waals surface area contributed by atoms with Crippen molar-refractivity contribution in [1.29, 1.82) is 0 Å². The molecule has 1 atom stereocenters. The fourth-order valence-electron chi connectivity index (χ4n) is 2.78. The first kappa shape index (κ1) is 17.8. The zero-order chi connectivity index (χ0) is 15.4. The van der Waals surface area contributed by atoms with Gasteiger partial charge in [0, 0.05) is 23.7 Å². The molecule has 1 saturated carbocycles. The summed E-state index contributed by atoms with van der Waals surface area (Å²) in [6.45, 7) is 2.84. The van der Waals surface area contributed by atoms with Crippen molar-refractivity contribution in [3.05, 3.63) is 29.8 Å². The Morgan fingerprint density at radius 3 is 2.74 bits per heavy atom. The molecule has 6 heteroatoms. The predicted molar refractivity (Wildman–Crippen MR) is 93.0 cm³/mol. The van der Waals surface area contributed by atoms with E-state index in [1.54, 1.807) is 18.2 Å². The Kier molecular flexibility index (Phi) is 6.42. The number of benzene rings is 1. The zero-order valence-corrected chi connectivity index (χ0v) is 14.0. The molecule has 2 aliphatic rings. The second-order valence-corrected chi connectivity index (χ2v) is 6.25. The zero-order valence-electron chi connectivity index (χ0n) is 13.1. The number of hydrogen-bond acceptors (Lipinski definition) is 3. The van der Waals surface area contributed by atoms with Crippen LogP contribution in [-0.2, 0) is 4.79 Å². The van der Waals surface area contributed by atoms with Gasteiger partial charge in [0.25, 0.3) is 5.91 Å². The SMILES string of the molecule is Cl.O=C(NCCC1CCNC1)c1cccc(NC(=O)C2CC2)c1. The summed E-state index contributed by atoms with van der Waals surface area (Å²) in [6, 6.07) is 7.14. The first-order valence-electron chi connectivity index (χ1n) is 8.12. The number of hydrogen-bond donors (Lipinski definition) is 3. The Labute approximate surface area is 143 Å². The minimum absolute atomic E-state index is 0. The third-order valence-electron chi connectivity index (χ3n) is 4.34. The Hall–Kier alpha value is -1.59. The van der Waals surface area contributed by atoms with Gasteiger partial charge >= 0.3 is 0 Å². The van der Waals surface area contributed by atoms with Crippen molar-refractivity contribution < 1.29 is 9.59 Å². The largest absolute Gasteiger partial charge is 0.352 e. The summed E-state index contributed by atoms with van der Waals surface area (Å²) in [7, 11) is 0. The molecule has 1 unspecified atom stereocenters. The van der Waals surface area contributed by atoms with Crippen LogP contribution < -0.4 is 16.0 Å².